The molecule has 7 nitrogen and oxygen atoms in total. The van der Waals surface area contributed by atoms with E-state index in [1.54, 1.807) is 6.07 Å². The maximum absolute atomic E-state index is 10.9. The van der Waals surface area contributed by atoms with E-state index >= 15 is 0 Å². The monoisotopic (exact) mass is 374 g/mol. The van der Waals surface area contributed by atoms with Crippen LogP contribution >= 0.6 is 11.6 Å². The Morgan fingerprint density at radius 3 is 2.58 bits per heavy atom. The number of aryl methyl sites for hydroxylation is 1. The zero-order valence-corrected chi connectivity index (χ0v) is 15.5. The van der Waals surface area contributed by atoms with Gasteiger partial charge in [-0.25, -0.2) is 4.98 Å². The summed E-state index contributed by atoms with van der Waals surface area (Å²) in [5, 5.41) is 25.1. The van der Waals surface area contributed by atoms with Crippen molar-refractivity contribution in [3.63, 3.8) is 0 Å². The van der Waals surface area contributed by atoms with Gasteiger partial charge in [-0.15, -0.1) is 0 Å². The molecule has 2 atom stereocenters. The molecule has 2 heterocycles. The second-order valence-electron chi connectivity index (χ2n) is 8.55. The highest BCUT2D eigenvalue weighted by atomic mass is 35.5. The van der Waals surface area contributed by atoms with Crippen LogP contribution in [0.2, 0.25) is 5.15 Å². The number of H-pyrrole nitrogens is 1. The van der Waals surface area contributed by atoms with Gasteiger partial charge in [-0.05, 0) is 57.3 Å². The van der Waals surface area contributed by atoms with Gasteiger partial charge in [0.15, 0.2) is 5.82 Å². The number of nitrogens with zero attached hydrogens (tertiary/aromatic N) is 3. The number of anilines is 3. The smallest absolute Gasteiger partial charge is 0.226 e. The zero-order valence-electron chi connectivity index (χ0n) is 14.7. The minimum absolute atomic E-state index is 0.121. The molecule has 8 heteroatoms. The van der Waals surface area contributed by atoms with Gasteiger partial charge >= 0.3 is 0 Å². The van der Waals surface area contributed by atoms with Crippen LogP contribution in [-0.4, -0.2) is 36.4 Å². The molecule has 0 aliphatic heterocycles. The van der Waals surface area contributed by atoms with Gasteiger partial charge in [-0.3, -0.25) is 5.10 Å². The van der Waals surface area contributed by atoms with E-state index in [4.69, 9.17) is 11.6 Å². The van der Waals surface area contributed by atoms with Crippen LogP contribution in [0.1, 0.15) is 44.2 Å². The molecule has 26 heavy (non-hydrogen) atoms. The summed E-state index contributed by atoms with van der Waals surface area (Å²) in [7, 11) is 0. The lowest BCUT2D eigenvalue weighted by Gasteiger charge is -2.60. The normalized spacial score (nSPS) is 34.9. The van der Waals surface area contributed by atoms with E-state index in [-0.39, 0.29) is 5.54 Å². The number of nitrogens with one attached hydrogen (secondary N) is 3. The number of aromatic nitrogens is 4. The summed E-state index contributed by atoms with van der Waals surface area (Å²) in [4.78, 5) is 8.96. The third-order valence-electron chi connectivity index (χ3n) is 6.06. The van der Waals surface area contributed by atoms with Crippen LogP contribution in [-0.2, 0) is 0 Å². The molecule has 2 aromatic rings. The van der Waals surface area contributed by atoms with Gasteiger partial charge in [0, 0.05) is 23.4 Å². The fourth-order valence-electron chi connectivity index (χ4n) is 5.75. The number of aliphatic hydroxyl groups is 1. The number of hydrogen-bond donors (Lipinski definition) is 4. The third-order valence-corrected chi connectivity index (χ3v) is 6.26. The fourth-order valence-corrected chi connectivity index (χ4v) is 5.93. The van der Waals surface area contributed by atoms with E-state index in [0.717, 1.165) is 37.8 Å². The molecule has 4 aliphatic carbocycles. The van der Waals surface area contributed by atoms with Crippen molar-refractivity contribution < 1.29 is 5.11 Å². The predicted octanol–water partition coefficient (Wildman–Crippen LogP) is 3.40. The van der Waals surface area contributed by atoms with Crippen molar-refractivity contribution >= 4 is 29.2 Å². The summed E-state index contributed by atoms with van der Waals surface area (Å²) in [6, 6.07) is 3.59. The first kappa shape index (κ1) is 16.3. The number of rotatable bonds is 4. The first-order chi connectivity index (χ1) is 12.4. The summed E-state index contributed by atoms with van der Waals surface area (Å²) in [6.45, 7) is 1.94. The summed E-state index contributed by atoms with van der Waals surface area (Å²) >= 11 is 6.23. The molecule has 0 aromatic carbocycles. The third kappa shape index (κ3) is 2.93. The van der Waals surface area contributed by atoms with Crippen LogP contribution in [0.5, 0.6) is 0 Å². The van der Waals surface area contributed by atoms with Gasteiger partial charge < -0.3 is 15.7 Å². The molecule has 4 bridgehead atoms. The molecule has 0 amide bonds. The molecule has 4 aliphatic rings. The van der Waals surface area contributed by atoms with Crippen LogP contribution in [0.25, 0.3) is 0 Å². The second kappa shape index (κ2) is 5.57. The van der Waals surface area contributed by atoms with Gasteiger partial charge in [0.25, 0.3) is 0 Å². The Labute approximate surface area is 157 Å². The molecule has 4 saturated carbocycles. The molecule has 0 saturated heterocycles. The Kier molecular flexibility index (Phi) is 3.49. The van der Waals surface area contributed by atoms with E-state index in [1.807, 2.05) is 13.0 Å². The van der Waals surface area contributed by atoms with Crippen molar-refractivity contribution in [1.82, 2.24) is 20.2 Å². The molecule has 0 radical (unpaired) electrons. The van der Waals surface area contributed by atoms with E-state index in [2.05, 4.69) is 30.8 Å². The van der Waals surface area contributed by atoms with Crippen LogP contribution in [0, 0.1) is 18.8 Å². The van der Waals surface area contributed by atoms with Gasteiger partial charge in [0.2, 0.25) is 5.95 Å². The van der Waals surface area contributed by atoms with Crippen LogP contribution < -0.4 is 10.6 Å². The summed E-state index contributed by atoms with van der Waals surface area (Å²) in [5.41, 5.74) is 0.320. The summed E-state index contributed by atoms with van der Waals surface area (Å²) in [6.07, 6.45) is 6.03. The van der Waals surface area contributed by atoms with Crippen LogP contribution in [0.4, 0.5) is 17.6 Å². The Hall–Kier alpha value is -1.86. The molecular weight excluding hydrogens is 352 g/mol. The summed E-state index contributed by atoms with van der Waals surface area (Å²) < 4.78 is 0. The maximum atomic E-state index is 10.9. The molecule has 2 aromatic heterocycles. The van der Waals surface area contributed by atoms with E-state index in [0.29, 0.717) is 34.6 Å². The number of halogens is 1. The van der Waals surface area contributed by atoms with Crippen molar-refractivity contribution in [3.8, 4) is 0 Å². The van der Waals surface area contributed by atoms with Gasteiger partial charge in [-0.2, -0.15) is 10.1 Å². The van der Waals surface area contributed by atoms with Crippen molar-refractivity contribution in [3.05, 3.63) is 23.0 Å². The van der Waals surface area contributed by atoms with Gasteiger partial charge in [0.05, 0.1) is 5.60 Å². The number of aromatic amines is 1. The van der Waals surface area contributed by atoms with Gasteiger partial charge in [-0.1, -0.05) is 11.6 Å². The fraction of sp³-hybridized carbons (Fsp3) is 0.611. The molecular formula is C18H23ClN6O. The zero-order chi connectivity index (χ0) is 17.9. The summed E-state index contributed by atoms with van der Waals surface area (Å²) in [5.74, 6) is 2.99. The van der Waals surface area contributed by atoms with E-state index in [9.17, 15) is 5.11 Å². The quantitative estimate of drug-likeness (QED) is 0.612. The lowest BCUT2D eigenvalue weighted by Crippen LogP contribution is -2.62. The lowest BCUT2D eigenvalue weighted by molar-refractivity contribution is -0.127. The molecule has 0 spiro atoms. The van der Waals surface area contributed by atoms with Crippen molar-refractivity contribution in [2.24, 2.45) is 11.8 Å². The second-order valence-corrected chi connectivity index (χ2v) is 8.94. The highest BCUT2D eigenvalue weighted by Gasteiger charge is 2.57. The standard InChI is InChI=1S/C18H23ClN6O/c1-10-2-15(25-24-10)21-14-4-13(19)20-16(22-14)23-17-5-11-3-12(6-17)8-18(26,7-11)9-17/h2,4,11-12,26H,3,5-9H2,1H3,(H3,20,21,22,23,24,25). The SMILES string of the molecule is Cc1cc(Nc2cc(Cl)nc(NC34CC5CC(CC(O)(C5)C3)C4)n2)n[nH]1. The number of hydrogen-bond acceptors (Lipinski definition) is 6. The molecule has 4 N–H and O–H groups in total. The topological polar surface area (TPSA) is 98.8 Å². The molecule has 6 rings (SSSR count). The maximum Gasteiger partial charge on any atom is 0.226 e. The average Bonchev–Trinajstić information content (AvgIpc) is 2.88. The Morgan fingerprint density at radius 2 is 1.92 bits per heavy atom. The highest BCUT2D eigenvalue weighted by molar-refractivity contribution is 6.29. The van der Waals surface area contributed by atoms with Crippen molar-refractivity contribution in [2.75, 3.05) is 10.6 Å². The first-order valence-electron chi connectivity index (χ1n) is 9.23. The largest absolute Gasteiger partial charge is 0.390 e. The lowest BCUT2D eigenvalue weighted by atomic mass is 9.51. The Bertz CT molecular complexity index is 838. The van der Waals surface area contributed by atoms with Gasteiger partial charge in [0.1, 0.15) is 11.0 Å². The Balaban J connectivity index is 1.40. The first-order valence-corrected chi connectivity index (χ1v) is 9.61. The Morgan fingerprint density at radius 1 is 1.15 bits per heavy atom. The molecule has 138 valence electrons. The minimum atomic E-state index is -0.524. The minimum Gasteiger partial charge on any atom is -0.390 e. The average molecular weight is 375 g/mol. The van der Waals surface area contributed by atoms with Crippen molar-refractivity contribution in [2.45, 2.75) is 56.6 Å². The molecule has 4 fully saturated rings. The molecule has 2 unspecified atom stereocenters. The van der Waals surface area contributed by atoms with E-state index in [1.165, 1.54) is 6.42 Å². The highest BCUT2D eigenvalue weighted by Crippen LogP contribution is 2.58. The van der Waals surface area contributed by atoms with E-state index < -0.39 is 5.60 Å². The van der Waals surface area contributed by atoms with Crippen molar-refractivity contribution in [1.29, 1.82) is 0 Å². The van der Waals surface area contributed by atoms with Crippen LogP contribution in [0.3, 0.4) is 0 Å². The van der Waals surface area contributed by atoms with Crippen LogP contribution in [0.15, 0.2) is 12.1 Å². The predicted molar refractivity (Wildman–Crippen MR) is 99.6 cm³/mol.